The summed E-state index contributed by atoms with van der Waals surface area (Å²) in [7, 11) is 1.72. The quantitative estimate of drug-likeness (QED) is 0.521. The summed E-state index contributed by atoms with van der Waals surface area (Å²) in [5, 5.41) is 13.6. The number of aliphatic imine (C=N–C) groups is 1. The number of hydrogen-bond acceptors (Lipinski definition) is 4. The molecule has 1 atom stereocenters. The number of alkyl carbamates (subject to hydrolysis) is 1. The van der Waals surface area contributed by atoms with Gasteiger partial charge in [-0.2, -0.15) is 11.3 Å². The fourth-order valence-electron chi connectivity index (χ4n) is 2.39. The van der Waals surface area contributed by atoms with Crippen LogP contribution in [0.2, 0.25) is 0 Å². The number of nitrogens with one attached hydrogen (secondary N) is 3. The molecule has 1 heterocycles. The Morgan fingerprint density at radius 1 is 1.19 bits per heavy atom. The van der Waals surface area contributed by atoms with Crippen molar-refractivity contribution in [1.82, 2.24) is 16.0 Å². The predicted molar refractivity (Wildman–Crippen MR) is 111 cm³/mol. The number of rotatable bonds is 6. The molecule has 1 aromatic carbocycles. The number of carbonyl (C=O) groups excluding carboxylic acids is 1. The van der Waals surface area contributed by atoms with Crippen LogP contribution in [0.25, 0.3) is 0 Å². The molecule has 0 saturated heterocycles. The fraction of sp³-hybridized carbons (Fsp3) is 0.400. The van der Waals surface area contributed by atoms with Gasteiger partial charge in [-0.3, -0.25) is 4.99 Å². The first kappa shape index (κ1) is 20.8. The molecule has 0 bridgehead atoms. The lowest BCUT2D eigenvalue weighted by molar-refractivity contribution is 0.0504. The lowest BCUT2D eigenvalue weighted by Crippen LogP contribution is -2.44. The molecule has 6 nitrogen and oxygen atoms in total. The maximum atomic E-state index is 12.2. The van der Waals surface area contributed by atoms with E-state index in [1.54, 1.807) is 18.4 Å². The van der Waals surface area contributed by atoms with Crippen molar-refractivity contribution in [3.8, 4) is 0 Å². The number of benzene rings is 1. The molecule has 0 aliphatic rings. The lowest BCUT2D eigenvalue weighted by atomic mass is 10.1. The molecule has 0 aliphatic carbocycles. The smallest absolute Gasteiger partial charge is 0.408 e. The summed E-state index contributed by atoms with van der Waals surface area (Å²) < 4.78 is 5.40. The van der Waals surface area contributed by atoms with Gasteiger partial charge in [-0.15, -0.1) is 0 Å². The van der Waals surface area contributed by atoms with Crippen LogP contribution in [0.3, 0.4) is 0 Å². The molecule has 1 amide bonds. The first-order chi connectivity index (χ1) is 12.9. The molecule has 2 rings (SSSR count). The van der Waals surface area contributed by atoms with Gasteiger partial charge in [-0.1, -0.05) is 30.3 Å². The van der Waals surface area contributed by atoms with Crippen molar-refractivity contribution >= 4 is 23.4 Å². The third kappa shape index (κ3) is 7.70. The minimum absolute atomic E-state index is 0.249. The molecule has 0 spiro atoms. The highest BCUT2D eigenvalue weighted by molar-refractivity contribution is 7.07. The van der Waals surface area contributed by atoms with Crippen molar-refractivity contribution < 1.29 is 9.53 Å². The molecule has 3 N–H and O–H groups in total. The zero-order valence-electron chi connectivity index (χ0n) is 16.3. The van der Waals surface area contributed by atoms with Gasteiger partial charge in [0.15, 0.2) is 5.96 Å². The molecule has 0 fully saturated rings. The van der Waals surface area contributed by atoms with Gasteiger partial charge >= 0.3 is 6.09 Å². The maximum absolute atomic E-state index is 12.2. The minimum Gasteiger partial charge on any atom is -0.444 e. The summed E-state index contributed by atoms with van der Waals surface area (Å²) in [6, 6.07) is 11.6. The van der Waals surface area contributed by atoms with Gasteiger partial charge in [0, 0.05) is 20.1 Å². The topological polar surface area (TPSA) is 74.8 Å². The second kappa shape index (κ2) is 9.97. The van der Waals surface area contributed by atoms with Gasteiger partial charge in [-0.25, -0.2) is 4.79 Å². The maximum Gasteiger partial charge on any atom is 0.408 e. The van der Waals surface area contributed by atoms with E-state index in [1.807, 2.05) is 56.5 Å². The fourth-order valence-corrected chi connectivity index (χ4v) is 3.05. The molecular formula is C20H28N4O2S. The van der Waals surface area contributed by atoms with E-state index in [-0.39, 0.29) is 6.04 Å². The van der Waals surface area contributed by atoms with E-state index in [0.717, 1.165) is 5.56 Å². The van der Waals surface area contributed by atoms with E-state index in [1.165, 1.54) is 5.56 Å². The Morgan fingerprint density at radius 3 is 2.52 bits per heavy atom. The second-order valence-corrected chi connectivity index (χ2v) is 7.83. The number of carbonyl (C=O) groups is 1. The van der Waals surface area contributed by atoms with Crippen molar-refractivity contribution in [2.24, 2.45) is 4.99 Å². The van der Waals surface area contributed by atoms with Crippen LogP contribution in [0.5, 0.6) is 0 Å². The molecule has 146 valence electrons. The van der Waals surface area contributed by atoms with Gasteiger partial charge in [0.1, 0.15) is 5.60 Å². The number of thiophene rings is 1. The number of hydrogen-bond donors (Lipinski definition) is 3. The third-order valence-corrected chi connectivity index (χ3v) is 4.36. The highest BCUT2D eigenvalue weighted by Crippen LogP contribution is 2.14. The van der Waals surface area contributed by atoms with E-state index < -0.39 is 11.7 Å². The van der Waals surface area contributed by atoms with E-state index >= 15 is 0 Å². The van der Waals surface area contributed by atoms with Gasteiger partial charge in [-0.05, 0) is 48.7 Å². The molecule has 1 aromatic heterocycles. The van der Waals surface area contributed by atoms with Gasteiger partial charge in [0.25, 0.3) is 0 Å². The molecule has 7 heteroatoms. The van der Waals surface area contributed by atoms with Crippen LogP contribution >= 0.6 is 11.3 Å². The number of ether oxygens (including phenoxy) is 1. The number of amides is 1. The molecule has 0 aliphatic heterocycles. The molecule has 27 heavy (non-hydrogen) atoms. The first-order valence-corrected chi connectivity index (χ1v) is 9.82. The van der Waals surface area contributed by atoms with Gasteiger partial charge in [0.2, 0.25) is 0 Å². The summed E-state index contributed by atoms with van der Waals surface area (Å²) in [6.45, 7) is 6.71. The average Bonchev–Trinajstić information content (AvgIpc) is 3.13. The first-order valence-electron chi connectivity index (χ1n) is 8.87. The number of guanidine groups is 1. The van der Waals surface area contributed by atoms with Crippen molar-refractivity contribution in [3.63, 3.8) is 0 Å². The van der Waals surface area contributed by atoms with Crippen LogP contribution in [-0.4, -0.2) is 31.2 Å². The van der Waals surface area contributed by atoms with E-state index in [0.29, 0.717) is 19.0 Å². The van der Waals surface area contributed by atoms with E-state index in [2.05, 4.69) is 32.4 Å². The third-order valence-electron chi connectivity index (χ3n) is 3.63. The zero-order valence-corrected chi connectivity index (χ0v) is 17.1. The molecule has 1 unspecified atom stereocenters. The standard InChI is InChI=1S/C20H28N4O2S/c1-20(2,3)26-19(25)24-17(16-8-6-5-7-9-16)13-23-18(21-4)22-12-15-10-11-27-14-15/h5-11,14,17H,12-13H2,1-4H3,(H,24,25)(H2,21,22,23). The largest absolute Gasteiger partial charge is 0.444 e. The van der Waals surface area contributed by atoms with Crippen molar-refractivity contribution in [1.29, 1.82) is 0 Å². The summed E-state index contributed by atoms with van der Waals surface area (Å²) in [6.07, 6.45) is -0.445. The van der Waals surface area contributed by atoms with Crippen LogP contribution in [0.1, 0.15) is 37.9 Å². The highest BCUT2D eigenvalue weighted by atomic mass is 32.1. The van der Waals surface area contributed by atoms with Crippen LogP contribution < -0.4 is 16.0 Å². The molecule has 0 radical (unpaired) electrons. The van der Waals surface area contributed by atoms with Crippen LogP contribution in [0, 0.1) is 0 Å². The van der Waals surface area contributed by atoms with Crippen molar-refractivity contribution in [3.05, 3.63) is 58.3 Å². The normalized spacial score (nSPS) is 13.0. The molecule has 2 aromatic rings. The van der Waals surface area contributed by atoms with Gasteiger partial charge < -0.3 is 20.7 Å². The Hall–Kier alpha value is -2.54. The summed E-state index contributed by atoms with van der Waals surface area (Å²) >= 11 is 1.66. The highest BCUT2D eigenvalue weighted by Gasteiger charge is 2.20. The van der Waals surface area contributed by atoms with Gasteiger partial charge in [0.05, 0.1) is 6.04 Å². The van der Waals surface area contributed by atoms with Crippen LogP contribution in [-0.2, 0) is 11.3 Å². The Morgan fingerprint density at radius 2 is 1.93 bits per heavy atom. The van der Waals surface area contributed by atoms with Crippen LogP contribution in [0.4, 0.5) is 4.79 Å². The van der Waals surface area contributed by atoms with E-state index in [4.69, 9.17) is 4.74 Å². The second-order valence-electron chi connectivity index (χ2n) is 7.05. The zero-order chi connectivity index (χ0) is 19.7. The number of nitrogens with zero attached hydrogens (tertiary/aromatic N) is 1. The van der Waals surface area contributed by atoms with Crippen LogP contribution in [0.15, 0.2) is 52.2 Å². The Balaban J connectivity index is 1.97. The SMILES string of the molecule is CN=C(NCc1ccsc1)NCC(NC(=O)OC(C)(C)C)c1ccccc1. The predicted octanol–water partition coefficient (Wildman–Crippen LogP) is 3.68. The molecular weight excluding hydrogens is 360 g/mol. The minimum atomic E-state index is -0.545. The lowest BCUT2D eigenvalue weighted by Gasteiger charge is -2.24. The summed E-state index contributed by atoms with van der Waals surface area (Å²) in [4.78, 5) is 16.5. The Labute approximate surface area is 165 Å². The van der Waals surface area contributed by atoms with E-state index in [9.17, 15) is 4.79 Å². The monoisotopic (exact) mass is 388 g/mol. The Kier molecular flexibility index (Phi) is 7.67. The summed E-state index contributed by atoms with van der Waals surface area (Å²) in [5.41, 5.74) is 1.65. The summed E-state index contributed by atoms with van der Waals surface area (Å²) in [5.74, 6) is 0.674. The molecule has 0 saturated carbocycles. The average molecular weight is 389 g/mol. The Bertz CT molecular complexity index is 724. The van der Waals surface area contributed by atoms with Crippen molar-refractivity contribution in [2.45, 2.75) is 39.0 Å². The van der Waals surface area contributed by atoms with Crippen molar-refractivity contribution in [2.75, 3.05) is 13.6 Å².